The molecule has 5 nitrogen and oxygen atoms in total. The average molecular weight is 359 g/mol. The zero-order valence-corrected chi connectivity index (χ0v) is 13.5. The molecular formula is C16H15BrN4O. The van der Waals surface area contributed by atoms with Crippen LogP contribution in [0.15, 0.2) is 53.1 Å². The minimum atomic E-state index is -0.442. The summed E-state index contributed by atoms with van der Waals surface area (Å²) >= 11 is 3.37. The van der Waals surface area contributed by atoms with Crippen LogP contribution >= 0.6 is 15.9 Å². The molecule has 0 saturated heterocycles. The SMILES string of the molecule is CC(C(=O)Nc1ccc(Br)cc1)n1ncc2ccc(N)cc21. The normalized spacial score (nSPS) is 12.3. The number of hydrogen-bond donors (Lipinski definition) is 2. The van der Waals surface area contributed by atoms with Crippen molar-refractivity contribution in [2.45, 2.75) is 13.0 Å². The van der Waals surface area contributed by atoms with Gasteiger partial charge in [-0.15, -0.1) is 0 Å². The Morgan fingerprint density at radius 3 is 2.73 bits per heavy atom. The molecule has 112 valence electrons. The minimum absolute atomic E-state index is 0.130. The molecule has 0 aliphatic heterocycles. The number of benzene rings is 2. The molecule has 6 heteroatoms. The van der Waals surface area contributed by atoms with Crippen molar-refractivity contribution in [1.29, 1.82) is 0 Å². The molecule has 0 fully saturated rings. The number of anilines is 2. The molecule has 0 saturated carbocycles. The lowest BCUT2D eigenvalue weighted by Gasteiger charge is -2.14. The minimum Gasteiger partial charge on any atom is -0.399 e. The molecule has 3 N–H and O–H groups in total. The summed E-state index contributed by atoms with van der Waals surface area (Å²) in [7, 11) is 0. The van der Waals surface area contributed by atoms with E-state index >= 15 is 0 Å². The summed E-state index contributed by atoms with van der Waals surface area (Å²) in [5.74, 6) is -0.130. The van der Waals surface area contributed by atoms with Gasteiger partial charge in [0.25, 0.3) is 0 Å². The number of carbonyl (C=O) groups excluding carboxylic acids is 1. The smallest absolute Gasteiger partial charge is 0.248 e. The van der Waals surface area contributed by atoms with Gasteiger partial charge in [0.2, 0.25) is 5.91 Å². The summed E-state index contributed by atoms with van der Waals surface area (Å²) in [6.07, 6.45) is 1.73. The number of fused-ring (bicyclic) bond motifs is 1. The predicted octanol–water partition coefficient (Wildman–Crippen LogP) is 3.58. The molecule has 1 aromatic heterocycles. The van der Waals surface area contributed by atoms with Crippen LogP contribution in [0.2, 0.25) is 0 Å². The largest absolute Gasteiger partial charge is 0.399 e. The molecule has 22 heavy (non-hydrogen) atoms. The zero-order chi connectivity index (χ0) is 15.7. The van der Waals surface area contributed by atoms with Crippen LogP contribution in [0.3, 0.4) is 0 Å². The van der Waals surface area contributed by atoms with Crippen molar-refractivity contribution in [3.8, 4) is 0 Å². The number of amides is 1. The van der Waals surface area contributed by atoms with Crippen LogP contribution in [-0.2, 0) is 4.79 Å². The van der Waals surface area contributed by atoms with Gasteiger partial charge in [-0.3, -0.25) is 9.48 Å². The Hall–Kier alpha value is -2.34. The maximum absolute atomic E-state index is 12.4. The lowest BCUT2D eigenvalue weighted by molar-refractivity contribution is -0.118. The van der Waals surface area contributed by atoms with Gasteiger partial charge in [0.15, 0.2) is 0 Å². The molecule has 2 aromatic carbocycles. The molecule has 0 radical (unpaired) electrons. The first-order valence-electron chi connectivity index (χ1n) is 6.84. The van der Waals surface area contributed by atoms with Gasteiger partial charge in [-0.05, 0) is 49.4 Å². The third-order valence-corrected chi connectivity index (χ3v) is 4.01. The predicted molar refractivity (Wildman–Crippen MR) is 91.6 cm³/mol. The monoisotopic (exact) mass is 358 g/mol. The molecule has 0 bridgehead atoms. The van der Waals surface area contributed by atoms with E-state index in [1.165, 1.54) is 0 Å². The van der Waals surface area contributed by atoms with Gasteiger partial charge in [-0.2, -0.15) is 5.10 Å². The summed E-state index contributed by atoms with van der Waals surface area (Å²) in [5.41, 5.74) is 8.06. The van der Waals surface area contributed by atoms with E-state index in [9.17, 15) is 4.79 Å². The zero-order valence-electron chi connectivity index (χ0n) is 12.0. The van der Waals surface area contributed by atoms with Crippen molar-refractivity contribution in [2.75, 3.05) is 11.1 Å². The standard InChI is InChI=1S/C16H15BrN4O/c1-10(16(22)20-14-6-3-12(17)4-7-14)21-15-8-13(18)5-2-11(15)9-19-21/h2-10H,18H2,1H3,(H,20,22). The second kappa shape index (κ2) is 5.81. The first-order chi connectivity index (χ1) is 10.5. The van der Waals surface area contributed by atoms with Crippen LogP contribution in [0, 0.1) is 0 Å². The number of nitrogen functional groups attached to an aromatic ring is 1. The molecule has 0 spiro atoms. The highest BCUT2D eigenvalue weighted by Crippen LogP contribution is 2.22. The number of hydrogen-bond acceptors (Lipinski definition) is 3. The topological polar surface area (TPSA) is 72.9 Å². The number of carbonyl (C=O) groups is 1. The maximum atomic E-state index is 12.4. The van der Waals surface area contributed by atoms with Gasteiger partial charge >= 0.3 is 0 Å². The Morgan fingerprint density at radius 1 is 1.27 bits per heavy atom. The number of halogens is 1. The van der Waals surface area contributed by atoms with Gasteiger partial charge < -0.3 is 11.1 Å². The fourth-order valence-electron chi connectivity index (χ4n) is 2.25. The lowest BCUT2D eigenvalue weighted by Crippen LogP contribution is -2.24. The molecule has 3 aromatic rings. The van der Waals surface area contributed by atoms with Crippen LogP contribution < -0.4 is 11.1 Å². The third-order valence-electron chi connectivity index (χ3n) is 3.48. The molecule has 1 heterocycles. The Morgan fingerprint density at radius 2 is 2.00 bits per heavy atom. The van der Waals surface area contributed by atoms with Crippen LogP contribution in [0.5, 0.6) is 0 Å². The number of nitrogens with one attached hydrogen (secondary N) is 1. The van der Waals surface area contributed by atoms with Crippen molar-refractivity contribution >= 4 is 44.1 Å². The average Bonchev–Trinajstić information content (AvgIpc) is 2.91. The van der Waals surface area contributed by atoms with Gasteiger partial charge in [0.1, 0.15) is 6.04 Å². The fourth-order valence-corrected chi connectivity index (χ4v) is 2.52. The number of nitrogens with two attached hydrogens (primary N) is 1. The molecule has 1 unspecified atom stereocenters. The summed E-state index contributed by atoms with van der Waals surface area (Å²) in [6.45, 7) is 1.81. The Bertz CT molecular complexity index is 826. The van der Waals surface area contributed by atoms with Crippen molar-refractivity contribution in [1.82, 2.24) is 9.78 Å². The molecular weight excluding hydrogens is 344 g/mol. The van der Waals surface area contributed by atoms with E-state index in [2.05, 4.69) is 26.3 Å². The highest BCUT2D eigenvalue weighted by Gasteiger charge is 2.18. The van der Waals surface area contributed by atoms with Crippen molar-refractivity contribution in [3.63, 3.8) is 0 Å². The first-order valence-corrected chi connectivity index (χ1v) is 7.63. The van der Waals surface area contributed by atoms with E-state index in [4.69, 9.17) is 5.73 Å². The summed E-state index contributed by atoms with van der Waals surface area (Å²) in [6, 6.07) is 12.5. The van der Waals surface area contributed by atoms with E-state index in [0.717, 1.165) is 21.1 Å². The van der Waals surface area contributed by atoms with E-state index in [1.54, 1.807) is 10.9 Å². The van der Waals surface area contributed by atoms with Crippen LogP contribution in [0.4, 0.5) is 11.4 Å². The quantitative estimate of drug-likeness (QED) is 0.702. The Balaban J connectivity index is 1.85. The van der Waals surface area contributed by atoms with Gasteiger partial charge in [0.05, 0.1) is 11.7 Å². The van der Waals surface area contributed by atoms with E-state index in [1.807, 2.05) is 49.4 Å². The molecule has 1 atom stereocenters. The number of nitrogens with zero attached hydrogens (tertiary/aromatic N) is 2. The molecule has 0 aliphatic carbocycles. The van der Waals surface area contributed by atoms with Crippen LogP contribution in [0.25, 0.3) is 10.9 Å². The highest BCUT2D eigenvalue weighted by molar-refractivity contribution is 9.10. The van der Waals surface area contributed by atoms with Gasteiger partial charge in [-0.1, -0.05) is 15.9 Å². The van der Waals surface area contributed by atoms with E-state index < -0.39 is 6.04 Å². The Labute approximate surface area is 136 Å². The number of rotatable bonds is 3. The highest BCUT2D eigenvalue weighted by atomic mass is 79.9. The first kappa shape index (κ1) is 14.6. The summed E-state index contributed by atoms with van der Waals surface area (Å²) in [4.78, 5) is 12.4. The summed E-state index contributed by atoms with van der Waals surface area (Å²) in [5, 5.41) is 8.15. The summed E-state index contributed by atoms with van der Waals surface area (Å²) < 4.78 is 2.65. The fraction of sp³-hybridized carbons (Fsp3) is 0.125. The van der Waals surface area contributed by atoms with E-state index in [0.29, 0.717) is 5.69 Å². The molecule has 1 amide bonds. The van der Waals surface area contributed by atoms with Gasteiger partial charge in [-0.25, -0.2) is 0 Å². The second-order valence-corrected chi connectivity index (χ2v) is 6.00. The lowest BCUT2D eigenvalue weighted by atomic mass is 10.2. The second-order valence-electron chi connectivity index (χ2n) is 5.08. The van der Waals surface area contributed by atoms with Crippen LogP contribution in [0.1, 0.15) is 13.0 Å². The molecule has 0 aliphatic rings. The van der Waals surface area contributed by atoms with Crippen molar-refractivity contribution in [3.05, 3.63) is 53.1 Å². The Kier molecular flexibility index (Phi) is 3.85. The van der Waals surface area contributed by atoms with E-state index in [-0.39, 0.29) is 5.91 Å². The maximum Gasteiger partial charge on any atom is 0.248 e. The number of aromatic nitrogens is 2. The van der Waals surface area contributed by atoms with Crippen molar-refractivity contribution < 1.29 is 4.79 Å². The molecule has 3 rings (SSSR count). The van der Waals surface area contributed by atoms with Crippen molar-refractivity contribution in [2.24, 2.45) is 0 Å². The van der Waals surface area contributed by atoms with Crippen LogP contribution in [-0.4, -0.2) is 15.7 Å². The third kappa shape index (κ3) is 2.82. The van der Waals surface area contributed by atoms with Gasteiger partial charge in [0, 0.05) is 21.2 Å².